The summed E-state index contributed by atoms with van der Waals surface area (Å²) in [5, 5.41) is 0. The zero-order valence-corrected chi connectivity index (χ0v) is 13.6. The molecular formula is C16H32N4. The van der Waals surface area contributed by atoms with Gasteiger partial charge in [0.1, 0.15) is 0 Å². The van der Waals surface area contributed by atoms with Crippen LogP contribution in [0.25, 0.3) is 0 Å². The molecule has 0 bridgehead atoms. The minimum atomic E-state index is 0.240. The lowest BCUT2D eigenvalue weighted by Gasteiger charge is -2.48. The molecule has 0 aromatic heterocycles. The Morgan fingerprint density at radius 1 is 1.30 bits per heavy atom. The largest absolute Gasteiger partial charge is 0.370 e. The highest BCUT2D eigenvalue weighted by atomic mass is 15.4. The molecule has 1 fully saturated rings. The molecule has 2 atom stereocenters. The van der Waals surface area contributed by atoms with E-state index >= 15 is 0 Å². The molecule has 1 aliphatic carbocycles. The van der Waals surface area contributed by atoms with Gasteiger partial charge in [0.05, 0.1) is 12.1 Å². The Labute approximate surface area is 124 Å². The fourth-order valence-corrected chi connectivity index (χ4v) is 4.18. The molecule has 0 aromatic rings. The van der Waals surface area contributed by atoms with Gasteiger partial charge in [-0.1, -0.05) is 40.0 Å². The molecule has 0 amide bonds. The van der Waals surface area contributed by atoms with Gasteiger partial charge >= 0.3 is 0 Å². The minimum absolute atomic E-state index is 0.240. The first-order valence-corrected chi connectivity index (χ1v) is 8.47. The van der Waals surface area contributed by atoms with E-state index in [1.807, 2.05) is 0 Å². The van der Waals surface area contributed by atoms with Gasteiger partial charge in [-0.15, -0.1) is 0 Å². The molecule has 1 spiro atoms. The van der Waals surface area contributed by atoms with Crippen LogP contribution in [0.4, 0.5) is 0 Å². The first kappa shape index (κ1) is 15.6. The molecule has 1 aliphatic heterocycles. The number of rotatable bonds is 6. The van der Waals surface area contributed by atoms with Gasteiger partial charge in [0.2, 0.25) is 0 Å². The molecule has 4 nitrogen and oxygen atoms in total. The highest BCUT2D eigenvalue weighted by Crippen LogP contribution is 2.42. The Morgan fingerprint density at radius 3 is 2.70 bits per heavy atom. The standard InChI is InChI=1S/C16H32N4/c1-4-14-9-7-8-10-16(14)13-18-15(17)20(16)12-11-19(5-2)6-3/h14H,4-13H2,1-3H3,(H2,17,18). The SMILES string of the molecule is CCC1CCCCC12CN=C(N)N2CCN(CC)CC. The zero-order chi connectivity index (χ0) is 14.6. The third-order valence-electron chi connectivity index (χ3n) is 5.53. The second-order valence-electron chi connectivity index (χ2n) is 6.31. The first-order chi connectivity index (χ1) is 9.67. The van der Waals surface area contributed by atoms with Crippen LogP contribution in [0.1, 0.15) is 52.9 Å². The maximum Gasteiger partial charge on any atom is 0.191 e. The molecule has 2 rings (SSSR count). The highest BCUT2D eigenvalue weighted by molar-refractivity contribution is 5.81. The number of nitrogens with two attached hydrogens (primary N) is 1. The van der Waals surface area contributed by atoms with E-state index in [4.69, 9.17) is 5.73 Å². The molecule has 0 radical (unpaired) electrons. The summed E-state index contributed by atoms with van der Waals surface area (Å²) >= 11 is 0. The molecule has 4 heteroatoms. The molecule has 2 aliphatic rings. The summed E-state index contributed by atoms with van der Waals surface area (Å²) in [4.78, 5) is 9.56. The van der Waals surface area contributed by atoms with Gasteiger partial charge in [-0.25, -0.2) is 0 Å². The molecule has 20 heavy (non-hydrogen) atoms. The van der Waals surface area contributed by atoms with Crippen LogP contribution in [0, 0.1) is 5.92 Å². The average molecular weight is 280 g/mol. The van der Waals surface area contributed by atoms with Crippen molar-refractivity contribution < 1.29 is 0 Å². The summed E-state index contributed by atoms with van der Waals surface area (Å²) < 4.78 is 0. The molecule has 2 N–H and O–H groups in total. The fourth-order valence-electron chi connectivity index (χ4n) is 4.18. The second-order valence-corrected chi connectivity index (χ2v) is 6.31. The quantitative estimate of drug-likeness (QED) is 0.812. The van der Waals surface area contributed by atoms with Crippen LogP contribution in [0.15, 0.2) is 4.99 Å². The van der Waals surface area contributed by atoms with Crippen molar-refractivity contribution in [2.75, 3.05) is 32.7 Å². The lowest BCUT2D eigenvalue weighted by molar-refractivity contribution is 0.0633. The smallest absolute Gasteiger partial charge is 0.191 e. The molecule has 0 saturated heterocycles. The van der Waals surface area contributed by atoms with E-state index in [9.17, 15) is 0 Å². The number of hydrogen-bond acceptors (Lipinski definition) is 4. The maximum atomic E-state index is 6.23. The molecule has 2 unspecified atom stereocenters. The second kappa shape index (κ2) is 6.79. The number of aliphatic imine (C=N–C) groups is 1. The van der Waals surface area contributed by atoms with Crippen LogP contribution in [-0.4, -0.2) is 54.0 Å². The van der Waals surface area contributed by atoms with Crippen LogP contribution in [0.5, 0.6) is 0 Å². The summed E-state index contributed by atoms with van der Waals surface area (Å²) in [7, 11) is 0. The number of likely N-dealkylation sites (N-methyl/N-ethyl adjacent to an activating group) is 1. The van der Waals surface area contributed by atoms with Crippen molar-refractivity contribution in [3.05, 3.63) is 0 Å². The number of hydrogen-bond donors (Lipinski definition) is 1. The predicted molar refractivity (Wildman–Crippen MR) is 86.0 cm³/mol. The van der Waals surface area contributed by atoms with Gasteiger partial charge in [-0.05, 0) is 31.8 Å². The Morgan fingerprint density at radius 2 is 2.05 bits per heavy atom. The van der Waals surface area contributed by atoms with Crippen molar-refractivity contribution in [2.24, 2.45) is 16.6 Å². The van der Waals surface area contributed by atoms with Gasteiger partial charge < -0.3 is 15.5 Å². The van der Waals surface area contributed by atoms with Crippen molar-refractivity contribution in [1.29, 1.82) is 0 Å². The Balaban J connectivity index is 2.08. The summed E-state index contributed by atoms with van der Waals surface area (Å²) in [5.41, 5.74) is 6.47. The molecule has 1 saturated carbocycles. The van der Waals surface area contributed by atoms with Gasteiger partial charge in [0.15, 0.2) is 5.96 Å². The van der Waals surface area contributed by atoms with Gasteiger partial charge in [0.25, 0.3) is 0 Å². The summed E-state index contributed by atoms with van der Waals surface area (Å²) in [5.74, 6) is 1.55. The Bertz CT molecular complexity index is 337. The van der Waals surface area contributed by atoms with E-state index in [2.05, 4.69) is 35.6 Å². The molecule has 116 valence electrons. The lowest BCUT2D eigenvalue weighted by atomic mass is 9.71. The number of guanidine groups is 1. The Kier molecular flexibility index (Phi) is 5.30. The first-order valence-electron chi connectivity index (χ1n) is 8.47. The summed E-state index contributed by atoms with van der Waals surface area (Å²) in [6.07, 6.45) is 6.59. The topological polar surface area (TPSA) is 44.9 Å². The zero-order valence-electron chi connectivity index (χ0n) is 13.6. The summed E-state index contributed by atoms with van der Waals surface area (Å²) in [6, 6.07) is 0. The van der Waals surface area contributed by atoms with Crippen molar-refractivity contribution in [1.82, 2.24) is 9.80 Å². The van der Waals surface area contributed by atoms with Crippen molar-refractivity contribution in [3.63, 3.8) is 0 Å². The number of nitrogens with zero attached hydrogens (tertiary/aromatic N) is 3. The van der Waals surface area contributed by atoms with E-state index in [1.165, 1.54) is 32.1 Å². The van der Waals surface area contributed by atoms with Gasteiger partial charge in [0, 0.05) is 13.1 Å². The average Bonchev–Trinajstić information content (AvgIpc) is 2.78. The minimum Gasteiger partial charge on any atom is -0.370 e. The normalized spacial score (nSPS) is 30.3. The van der Waals surface area contributed by atoms with Crippen LogP contribution < -0.4 is 5.73 Å². The van der Waals surface area contributed by atoms with Crippen LogP contribution in [0.2, 0.25) is 0 Å². The van der Waals surface area contributed by atoms with E-state index in [0.29, 0.717) is 0 Å². The predicted octanol–water partition coefficient (Wildman–Crippen LogP) is 2.30. The van der Waals surface area contributed by atoms with Crippen LogP contribution in [-0.2, 0) is 0 Å². The monoisotopic (exact) mass is 280 g/mol. The van der Waals surface area contributed by atoms with E-state index in [0.717, 1.165) is 44.6 Å². The van der Waals surface area contributed by atoms with Crippen molar-refractivity contribution in [2.45, 2.75) is 58.4 Å². The third-order valence-corrected chi connectivity index (χ3v) is 5.53. The fraction of sp³-hybridized carbons (Fsp3) is 0.938. The van der Waals surface area contributed by atoms with Crippen molar-refractivity contribution >= 4 is 5.96 Å². The van der Waals surface area contributed by atoms with Gasteiger partial charge in [-0.3, -0.25) is 4.99 Å². The maximum absolute atomic E-state index is 6.23. The molecular weight excluding hydrogens is 248 g/mol. The lowest BCUT2D eigenvalue weighted by Crippen LogP contribution is -2.58. The highest BCUT2D eigenvalue weighted by Gasteiger charge is 2.48. The Hall–Kier alpha value is -0.770. The summed E-state index contributed by atoms with van der Waals surface area (Å²) in [6.45, 7) is 12.1. The van der Waals surface area contributed by atoms with E-state index < -0.39 is 0 Å². The molecule has 0 aromatic carbocycles. The van der Waals surface area contributed by atoms with Crippen LogP contribution >= 0.6 is 0 Å². The van der Waals surface area contributed by atoms with Crippen LogP contribution in [0.3, 0.4) is 0 Å². The van der Waals surface area contributed by atoms with Crippen molar-refractivity contribution in [3.8, 4) is 0 Å². The van der Waals surface area contributed by atoms with Gasteiger partial charge in [-0.2, -0.15) is 0 Å². The molecule has 1 heterocycles. The van der Waals surface area contributed by atoms with E-state index in [1.54, 1.807) is 0 Å². The van der Waals surface area contributed by atoms with E-state index in [-0.39, 0.29) is 5.54 Å². The third kappa shape index (κ3) is 2.80.